The van der Waals surface area contributed by atoms with Crippen molar-refractivity contribution in [2.75, 3.05) is 14.2 Å². The lowest BCUT2D eigenvalue weighted by Crippen LogP contribution is -2.05. The average molecular weight is 309 g/mol. The summed E-state index contributed by atoms with van der Waals surface area (Å²) in [6.45, 7) is 0. The topological polar surface area (TPSA) is 35.5 Å². The van der Waals surface area contributed by atoms with Crippen LogP contribution in [0.1, 0.15) is 15.9 Å². The van der Waals surface area contributed by atoms with Crippen LogP contribution in [0.4, 0.5) is 4.39 Å². The standard InChI is InChI=1S/C16H14ClFO3/c1-20-15-8-12(13(17)9-16(15)21-2)14(19)7-10-4-3-5-11(18)6-10/h3-6,8-9H,7H2,1-2H3. The molecule has 3 nitrogen and oxygen atoms in total. The molecule has 110 valence electrons. The smallest absolute Gasteiger partial charge is 0.168 e. The predicted molar refractivity (Wildman–Crippen MR) is 79.0 cm³/mol. The normalized spacial score (nSPS) is 10.3. The first-order chi connectivity index (χ1) is 10.0. The maximum atomic E-state index is 13.1. The number of halogens is 2. The second-order valence-electron chi connectivity index (χ2n) is 4.42. The Kier molecular flexibility index (Phi) is 4.81. The molecular formula is C16H14ClFO3. The van der Waals surface area contributed by atoms with Crippen LogP contribution < -0.4 is 9.47 Å². The number of benzene rings is 2. The van der Waals surface area contributed by atoms with Gasteiger partial charge in [0.05, 0.1) is 19.2 Å². The fourth-order valence-corrected chi connectivity index (χ4v) is 2.25. The van der Waals surface area contributed by atoms with E-state index in [0.29, 0.717) is 22.6 Å². The number of carbonyl (C=O) groups excluding carboxylic acids is 1. The number of rotatable bonds is 5. The fraction of sp³-hybridized carbons (Fsp3) is 0.188. The van der Waals surface area contributed by atoms with Gasteiger partial charge in [0.2, 0.25) is 0 Å². The minimum absolute atomic E-state index is 0.0625. The number of hydrogen-bond donors (Lipinski definition) is 0. The number of ether oxygens (including phenoxy) is 2. The number of Topliss-reactive ketones (excluding diaryl/α,β-unsaturated/α-hetero) is 1. The van der Waals surface area contributed by atoms with Gasteiger partial charge in [0.1, 0.15) is 5.82 Å². The van der Waals surface area contributed by atoms with Gasteiger partial charge in [-0.2, -0.15) is 0 Å². The zero-order valence-corrected chi connectivity index (χ0v) is 12.4. The lowest BCUT2D eigenvalue weighted by atomic mass is 10.0. The zero-order valence-electron chi connectivity index (χ0n) is 11.7. The highest BCUT2D eigenvalue weighted by atomic mass is 35.5. The van der Waals surface area contributed by atoms with E-state index in [1.54, 1.807) is 12.1 Å². The first-order valence-corrected chi connectivity index (χ1v) is 6.62. The van der Waals surface area contributed by atoms with Gasteiger partial charge in [0.25, 0.3) is 0 Å². The van der Waals surface area contributed by atoms with Gasteiger partial charge < -0.3 is 9.47 Å². The van der Waals surface area contributed by atoms with E-state index in [4.69, 9.17) is 21.1 Å². The van der Waals surface area contributed by atoms with Crippen molar-refractivity contribution < 1.29 is 18.7 Å². The van der Waals surface area contributed by atoms with E-state index >= 15 is 0 Å². The molecule has 0 N–H and O–H groups in total. The lowest BCUT2D eigenvalue weighted by Gasteiger charge is -2.11. The Balaban J connectivity index is 2.31. The molecule has 0 saturated carbocycles. The highest BCUT2D eigenvalue weighted by Gasteiger charge is 2.16. The summed E-state index contributed by atoms with van der Waals surface area (Å²) in [7, 11) is 2.97. The van der Waals surface area contributed by atoms with Crippen LogP contribution in [-0.4, -0.2) is 20.0 Å². The Morgan fingerprint density at radius 3 is 2.43 bits per heavy atom. The third kappa shape index (κ3) is 3.52. The van der Waals surface area contributed by atoms with Crippen LogP contribution in [0, 0.1) is 5.82 Å². The van der Waals surface area contributed by atoms with Crippen molar-refractivity contribution in [2.45, 2.75) is 6.42 Å². The predicted octanol–water partition coefficient (Wildman–Crippen LogP) is 3.92. The lowest BCUT2D eigenvalue weighted by molar-refractivity contribution is 0.0992. The van der Waals surface area contributed by atoms with Crippen molar-refractivity contribution >= 4 is 17.4 Å². The van der Waals surface area contributed by atoms with E-state index in [1.165, 1.54) is 38.5 Å². The first-order valence-electron chi connectivity index (χ1n) is 6.24. The van der Waals surface area contributed by atoms with E-state index in [-0.39, 0.29) is 23.0 Å². The first kappa shape index (κ1) is 15.3. The van der Waals surface area contributed by atoms with E-state index < -0.39 is 0 Å². The monoisotopic (exact) mass is 308 g/mol. The molecule has 2 aromatic rings. The van der Waals surface area contributed by atoms with E-state index in [9.17, 15) is 9.18 Å². The summed E-state index contributed by atoms with van der Waals surface area (Å²) in [5, 5.41) is 0.272. The maximum absolute atomic E-state index is 13.1. The average Bonchev–Trinajstić information content (AvgIpc) is 2.46. The summed E-state index contributed by atoms with van der Waals surface area (Å²) in [6.07, 6.45) is 0.0625. The highest BCUT2D eigenvalue weighted by molar-refractivity contribution is 6.34. The van der Waals surface area contributed by atoms with Gasteiger partial charge in [0, 0.05) is 18.1 Å². The molecule has 21 heavy (non-hydrogen) atoms. The summed E-state index contributed by atoms with van der Waals surface area (Å²) < 4.78 is 23.4. The molecule has 0 aliphatic heterocycles. The molecule has 0 bridgehead atoms. The van der Waals surface area contributed by atoms with Gasteiger partial charge in [-0.1, -0.05) is 23.7 Å². The van der Waals surface area contributed by atoms with Gasteiger partial charge in [-0.25, -0.2) is 4.39 Å². The van der Waals surface area contributed by atoms with Crippen molar-refractivity contribution in [3.05, 3.63) is 58.4 Å². The SMILES string of the molecule is COc1cc(Cl)c(C(=O)Cc2cccc(F)c2)cc1OC. The minimum Gasteiger partial charge on any atom is -0.493 e. The summed E-state index contributed by atoms with van der Waals surface area (Å²) in [6, 6.07) is 8.97. The van der Waals surface area contributed by atoms with E-state index in [0.717, 1.165) is 0 Å². The molecule has 0 aromatic heterocycles. The van der Waals surface area contributed by atoms with Gasteiger partial charge in [-0.15, -0.1) is 0 Å². The van der Waals surface area contributed by atoms with Crippen LogP contribution in [0.3, 0.4) is 0 Å². The van der Waals surface area contributed by atoms with Crippen molar-refractivity contribution in [1.82, 2.24) is 0 Å². The van der Waals surface area contributed by atoms with Crippen LogP contribution in [-0.2, 0) is 6.42 Å². The number of methoxy groups -OCH3 is 2. The Morgan fingerprint density at radius 1 is 1.14 bits per heavy atom. The van der Waals surface area contributed by atoms with Crippen molar-refractivity contribution in [3.63, 3.8) is 0 Å². The molecule has 5 heteroatoms. The van der Waals surface area contributed by atoms with Crippen LogP contribution in [0.2, 0.25) is 5.02 Å². The quantitative estimate of drug-likeness (QED) is 0.785. The van der Waals surface area contributed by atoms with Crippen molar-refractivity contribution in [1.29, 1.82) is 0 Å². The summed E-state index contributed by atoms with van der Waals surface area (Å²) in [5.74, 6) is 0.277. The largest absolute Gasteiger partial charge is 0.493 e. The Bertz CT molecular complexity index is 671. The van der Waals surface area contributed by atoms with E-state index in [2.05, 4.69) is 0 Å². The van der Waals surface area contributed by atoms with Gasteiger partial charge in [-0.3, -0.25) is 4.79 Å². The Morgan fingerprint density at radius 2 is 1.81 bits per heavy atom. The zero-order chi connectivity index (χ0) is 15.4. The molecule has 0 aliphatic rings. The van der Waals surface area contributed by atoms with Gasteiger partial charge in [-0.05, 0) is 23.8 Å². The molecule has 2 rings (SSSR count). The second kappa shape index (κ2) is 6.59. The molecular weight excluding hydrogens is 295 g/mol. The number of ketones is 1. The van der Waals surface area contributed by atoms with E-state index in [1.807, 2.05) is 0 Å². The molecule has 0 radical (unpaired) electrons. The van der Waals surface area contributed by atoms with Gasteiger partial charge >= 0.3 is 0 Å². The molecule has 0 fully saturated rings. The maximum Gasteiger partial charge on any atom is 0.168 e. The molecule has 0 amide bonds. The third-order valence-corrected chi connectivity index (χ3v) is 3.34. The van der Waals surface area contributed by atoms with Crippen LogP contribution in [0.25, 0.3) is 0 Å². The van der Waals surface area contributed by atoms with Crippen LogP contribution >= 0.6 is 11.6 Å². The molecule has 2 aromatic carbocycles. The Hall–Kier alpha value is -2.07. The molecule has 0 atom stereocenters. The molecule has 0 unspecified atom stereocenters. The number of hydrogen-bond acceptors (Lipinski definition) is 3. The van der Waals surface area contributed by atoms with Crippen LogP contribution in [0.15, 0.2) is 36.4 Å². The highest BCUT2D eigenvalue weighted by Crippen LogP contribution is 2.33. The minimum atomic E-state index is -0.376. The molecule has 0 heterocycles. The third-order valence-electron chi connectivity index (χ3n) is 3.03. The molecule has 0 aliphatic carbocycles. The molecule has 0 saturated heterocycles. The summed E-state index contributed by atoms with van der Waals surface area (Å²) in [5.41, 5.74) is 0.907. The Labute approximate surface area is 127 Å². The fourth-order valence-electron chi connectivity index (χ4n) is 2.00. The van der Waals surface area contributed by atoms with Crippen molar-refractivity contribution in [2.24, 2.45) is 0 Å². The van der Waals surface area contributed by atoms with Crippen molar-refractivity contribution in [3.8, 4) is 11.5 Å². The van der Waals surface area contributed by atoms with Gasteiger partial charge in [0.15, 0.2) is 17.3 Å². The number of carbonyl (C=O) groups is 1. The summed E-state index contributed by atoms with van der Waals surface area (Å²) >= 11 is 6.10. The second-order valence-corrected chi connectivity index (χ2v) is 4.82. The van der Waals surface area contributed by atoms with Crippen LogP contribution in [0.5, 0.6) is 11.5 Å². The summed E-state index contributed by atoms with van der Waals surface area (Å²) in [4.78, 5) is 12.3. The molecule has 0 spiro atoms.